The molecule has 0 bridgehead atoms. The molecule has 3 nitrogen and oxygen atoms in total. The molecular weight excluding hydrogens is 771 g/mol. The standard InChI is InChI=1S/C58H35N3S/c1-2-14-39(15-3-1)55-59-56(40-34-30-37(31-35-40)36-28-32-38(33-29-36)41-20-12-21-45-44-18-7-11-27-52(44)62-54(41)45)61-57(60-55)47-22-13-26-51-53(47)46-19-6-10-25-50(46)58(51)48-23-8-4-16-42(48)43-17-5-9-24-49(43)58/h1-35H. The number of thiophene rings is 1. The van der Waals surface area contributed by atoms with E-state index in [2.05, 4.69) is 194 Å². The molecule has 0 amide bonds. The van der Waals surface area contributed by atoms with Gasteiger partial charge in [0.1, 0.15) is 0 Å². The van der Waals surface area contributed by atoms with Crippen molar-refractivity contribution in [3.05, 3.63) is 235 Å². The normalized spacial score (nSPS) is 13.0. The monoisotopic (exact) mass is 805 g/mol. The van der Waals surface area contributed by atoms with Gasteiger partial charge in [0.2, 0.25) is 0 Å². The highest BCUT2D eigenvalue weighted by molar-refractivity contribution is 7.26. The summed E-state index contributed by atoms with van der Waals surface area (Å²) in [6.07, 6.45) is 0. The second kappa shape index (κ2) is 13.6. The molecule has 0 radical (unpaired) electrons. The Bertz CT molecular complexity index is 3520. The minimum Gasteiger partial charge on any atom is -0.208 e. The van der Waals surface area contributed by atoms with Crippen molar-refractivity contribution < 1.29 is 0 Å². The van der Waals surface area contributed by atoms with Gasteiger partial charge in [0, 0.05) is 36.9 Å². The molecule has 0 atom stereocenters. The van der Waals surface area contributed by atoms with Crippen molar-refractivity contribution in [1.29, 1.82) is 0 Å². The molecule has 62 heavy (non-hydrogen) atoms. The van der Waals surface area contributed by atoms with Crippen LogP contribution in [-0.2, 0) is 5.41 Å². The maximum atomic E-state index is 5.32. The lowest BCUT2D eigenvalue weighted by Crippen LogP contribution is -2.25. The lowest BCUT2D eigenvalue weighted by atomic mass is 9.70. The second-order valence-corrected chi connectivity index (χ2v) is 17.3. The molecule has 0 unspecified atom stereocenters. The van der Waals surface area contributed by atoms with E-state index in [4.69, 9.17) is 15.0 Å². The Morgan fingerprint density at radius 2 is 0.742 bits per heavy atom. The van der Waals surface area contributed by atoms with E-state index in [0.29, 0.717) is 17.5 Å². The minimum absolute atomic E-state index is 0.451. The van der Waals surface area contributed by atoms with Crippen LogP contribution in [0.5, 0.6) is 0 Å². The zero-order chi connectivity index (χ0) is 40.8. The van der Waals surface area contributed by atoms with Crippen LogP contribution in [-0.4, -0.2) is 15.0 Å². The van der Waals surface area contributed by atoms with E-state index in [1.807, 2.05) is 29.5 Å². The lowest BCUT2D eigenvalue weighted by molar-refractivity contribution is 0.794. The molecule has 0 aliphatic heterocycles. The van der Waals surface area contributed by atoms with Gasteiger partial charge in [-0.1, -0.05) is 206 Å². The van der Waals surface area contributed by atoms with E-state index >= 15 is 0 Å². The van der Waals surface area contributed by atoms with E-state index in [1.165, 1.54) is 75.8 Å². The Balaban J connectivity index is 0.920. The summed E-state index contributed by atoms with van der Waals surface area (Å²) >= 11 is 1.87. The van der Waals surface area contributed by atoms with E-state index in [-0.39, 0.29) is 0 Å². The molecule has 2 aromatic heterocycles. The highest BCUT2D eigenvalue weighted by atomic mass is 32.1. The minimum atomic E-state index is -0.451. The largest absolute Gasteiger partial charge is 0.208 e. The van der Waals surface area contributed by atoms with Crippen molar-refractivity contribution in [3.63, 3.8) is 0 Å². The van der Waals surface area contributed by atoms with E-state index in [1.54, 1.807) is 0 Å². The third kappa shape index (κ3) is 5.08. The van der Waals surface area contributed by atoms with Crippen molar-refractivity contribution in [1.82, 2.24) is 15.0 Å². The van der Waals surface area contributed by atoms with Gasteiger partial charge >= 0.3 is 0 Å². The van der Waals surface area contributed by atoms with Crippen molar-refractivity contribution in [2.24, 2.45) is 0 Å². The Hall–Kier alpha value is -7.79. The first-order chi connectivity index (χ1) is 30.7. The van der Waals surface area contributed by atoms with Crippen LogP contribution >= 0.6 is 11.3 Å². The van der Waals surface area contributed by atoms with Crippen molar-refractivity contribution in [3.8, 4) is 78.7 Å². The average molecular weight is 806 g/mol. The van der Waals surface area contributed by atoms with Gasteiger partial charge in [-0.15, -0.1) is 11.3 Å². The number of hydrogen-bond acceptors (Lipinski definition) is 4. The van der Waals surface area contributed by atoms with Crippen LogP contribution in [0.4, 0.5) is 0 Å². The van der Waals surface area contributed by atoms with Gasteiger partial charge in [0.05, 0.1) is 5.41 Å². The third-order valence-corrected chi connectivity index (χ3v) is 14.2. The summed E-state index contributed by atoms with van der Waals surface area (Å²) in [6.45, 7) is 0. The number of rotatable bonds is 5. The van der Waals surface area contributed by atoms with Crippen molar-refractivity contribution >= 4 is 31.5 Å². The maximum absolute atomic E-state index is 5.32. The van der Waals surface area contributed by atoms with Crippen LogP contribution in [0.1, 0.15) is 22.3 Å². The van der Waals surface area contributed by atoms with Gasteiger partial charge in [-0.05, 0) is 72.8 Å². The number of nitrogens with zero attached hydrogens (tertiary/aromatic N) is 3. The quantitative estimate of drug-likeness (QED) is 0.174. The molecule has 2 heterocycles. The SMILES string of the molecule is c1ccc(-c2nc(-c3ccc(-c4ccc(-c5cccc6c5sc5ccccc56)cc4)cc3)nc(-c3cccc4c3-c3ccccc3C43c4ccccc4-c4ccccc43)n2)cc1. The van der Waals surface area contributed by atoms with Crippen LogP contribution in [0.2, 0.25) is 0 Å². The molecule has 288 valence electrons. The summed E-state index contributed by atoms with van der Waals surface area (Å²) < 4.78 is 2.65. The van der Waals surface area contributed by atoms with Gasteiger partial charge in [0.25, 0.3) is 0 Å². The molecule has 2 aliphatic carbocycles. The van der Waals surface area contributed by atoms with Crippen molar-refractivity contribution in [2.45, 2.75) is 5.41 Å². The van der Waals surface area contributed by atoms with Crippen molar-refractivity contribution in [2.75, 3.05) is 0 Å². The Morgan fingerprint density at radius 3 is 1.44 bits per heavy atom. The summed E-state index contributed by atoms with van der Waals surface area (Å²) in [5, 5.41) is 2.63. The van der Waals surface area contributed by atoms with Crippen LogP contribution in [0.3, 0.4) is 0 Å². The predicted octanol–water partition coefficient (Wildman–Crippen LogP) is 14.9. The Labute approximate surface area is 363 Å². The maximum Gasteiger partial charge on any atom is 0.164 e. The number of aromatic nitrogens is 3. The highest BCUT2D eigenvalue weighted by Crippen LogP contribution is 2.63. The van der Waals surface area contributed by atoms with Crippen LogP contribution in [0.15, 0.2) is 212 Å². The van der Waals surface area contributed by atoms with Gasteiger partial charge < -0.3 is 0 Å². The first-order valence-electron chi connectivity index (χ1n) is 21.1. The van der Waals surface area contributed by atoms with Gasteiger partial charge in [-0.3, -0.25) is 0 Å². The summed E-state index contributed by atoms with van der Waals surface area (Å²) in [5.41, 5.74) is 17.3. The first-order valence-corrected chi connectivity index (χ1v) is 21.9. The van der Waals surface area contributed by atoms with Gasteiger partial charge in [-0.25, -0.2) is 15.0 Å². The zero-order valence-corrected chi connectivity index (χ0v) is 34.3. The molecule has 2 aliphatic rings. The summed E-state index contributed by atoms with van der Waals surface area (Å²) in [5.74, 6) is 1.95. The first kappa shape index (κ1) is 35.0. The van der Waals surface area contributed by atoms with Gasteiger partial charge in [-0.2, -0.15) is 0 Å². The van der Waals surface area contributed by atoms with Crippen LogP contribution in [0.25, 0.3) is 98.8 Å². The fourth-order valence-electron chi connectivity index (χ4n) is 10.3. The topological polar surface area (TPSA) is 38.7 Å². The summed E-state index contributed by atoms with van der Waals surface area (Å²) in [7, 11) is 0. The zero-order valence-electron chi connectivity index (χ0n) is 33.5. The molecule has 0 saturated heterocycles. The Kier molecular flexibility index (Phi) is 7.69. The predicted molar refractivity (Wildman–Crippen MR) is 256 cm³/mol. The van der Waals surface area contributed by atoms with E-state index in [0.717, 1.165) is 27.8 Å². The van der Waals surface area contributed by atoms with E-state index in [9.17, 15) is 0 Å². The molecular formula is C58H35N3S. The number of benzene rings is 9. The fraction of sp³-hybridized carbons (Fsp3) is 0.0172. The smallest absolute Gasteiger partial charge is 0.164 e. The lowest BCUT2D eigenvalue weighted by Gasteiger charge is -2.30. The Morgan fingerprint density at radius 1 is 0.290 bits per heavy atom. The average Bonchev–Trinajstić information content (AvgIpc) is 3.99. The molecule has 0 fully saturated rings. The number of fused-ring (bicyclic) bond motifs is 13. The molecule has 0 N–H and O–H groups in total. The molecule has 1 spiro atoms. The molecule has 0 saturated carbocycles. The summed E-state index contributed by atoms with van der Waals surface area (Å²) in [4.78, 5) is 15.7. The second-order valence-electron chi connectivity index (χ2n) is 16.2. The fourth-order valence-corrected chi connectivity index (χ4v) is 11.5. The number of hydrogen-bond donors (Lipinski definition) is 0. The highest BCUT2D eigenvalue weighted by Gasteiger charge is 2.52. The molecule has 11 aromatic rings. The molecule has 4 heteroatoms. The molecule has 9 aromatic carbocycles. The van der Waals surface area contributed by atoms with Gasteiger partial charge in [0.15, 0.2) is 17.5 Å². The summed E-state index contributed by atoms with van der Waals surface area (Å²) in [6, 6.07) is 76.6. The van der Waals surface area contributed by atoms with E-state index < -0.39 is 5.41 Å². The van der Waals surface area contributed by atoms with Crippen LogP contribution in [0, 0.1) is 0 Å². The third-order valence-electron chi connectivity index (χ3n) is 13.0. The molecule has 13 rings (SSSR count). The van der Waals surface area contributed by atoms with Crippen LogP contribution < -0.4 is 0 Å².